The zero-order valence-electron chi connectivity index (χ0n) is 22.2. The van der Waals surface area contributed by atoms with Crippen molar-refractivity contribution in [2.45, 2.75) is 38.4 Å². The molecule has 0 radical (unpaired) electrons. The summed E-state index contributed by atoms with van der Waals surface area (Å²) >= 11 is 0. The minimum absolute atomic E-state index is 0.00155. The van der Waals surface area contributed by atoms with Gasteiger partial charge in [0.15, 0.2) is 0 Å². The highest BCUT2D eigenvalue weighted by Crippen LogP contribution is 2.06. The lowest BCUT2D eigenvalue weighted by Gasteiger charge is -2.16. The number of hydrogen-bond acceptors (Lipinski definition) is 10. The van der Waals surface area contributed by atoms with Crippen LogP contribution in [0.4, 0.5) is 0 Å². The quantitative estimate of drug-likeness (QED) is 0.227. The largest absolute Gasteiger partial charge is 0.469 e. The van der Waals surface area contributed by atoms with E-state index in [1.807, 2.05) is 60.7 Å². The Hall–Kier alpha value is -4.18. The lowest BCUT2D eigenvalue weighted by atomic mass is 10.1. The Morgan fingerprint density at radius 1 is 0.684 bits per heavy atom. The Morgan fingerprint density at radius 3 is 1.61 bits per heavy atom. The molecule has 0 atom stereocenters. The van der Waals surface area contributed by atoms with Gasteiger partial charge in [-0.25, -0.2) is 4.79 Å². The number of hydrogen-bond donors (Lipinski definition) is 2. The van der Waals surface area contributed by atoms with Crippen LogP contribution in [0.15, 0.2) is 72.4 Å². The number of rotatable bonds is 13. The average Bonchev–Trinajstić information content (AvgIpc) is 2.95. The molecule has 0 aromatic heterocycles. The van der Waals surface area contributed by atoms with Gasteiger partial charge in [0.1, 0.15) is 0 Å². The molecule has 10 nitrogen and oxygen atoms in total. The first-order valence-electron chi connectivity index (χ1n) is 11.8. The molecule has 0 saturated heterocycles. The summed E-state index contributed by atoms with van der Waals surface area (Å²) in [6.07, 6.45) is 1.52. The number of benzene rings is 2. The minimum atomic E-state index is -0.514. The van der Waals surface area contributed by atoms with Crippen molar-refractivity contribution < 1.29 is 38.1 Å². The van der Waals surface area contributed by atoms with E-state index in [0.717, 1.165) is 11.1 Å². The number of nitrogens with one attached hydrogen (secondary N) is 2. The summed E-state index contributed by atoms with van der Waals surface area (Å²) < 4.78 is 18.4. The molecule has 0 saturated carbocycles. The van der Waals surface area contributed by atoms with E-state index >= 15 is 0 Å². The van der Waals surface area contributed by atoms with Crippen LogP contribution in [0.3, 0.4) is 0 Å². The van der Waals surface area contributed by atoms with Crippen molar-refractivity contribution in [3.05, 3.63) is 83.6 Å². The molecule has 2 aromatic rings. The van der Waals surface area contributed by atoms with Crippen molar-refractivity contribution in [1.82, 2.24) is 10.6 Å². The van der Waals surface area contributed by atoms with E-state index in [-0.39, 0.29) is 37.2 Å². The summed E-state index contributed by atoms with van der Waals surface area (Å²) in [5, 5.41) is 6.19. The predicted octanol–water partition coefficient (Wildman–Crippen LogP) is 2.67. The summed E-state index contributed by atoms with van der Waals surface area (Å²) in [7, 11) is 5.24. The molecule has 0 heterocycles. The Balaban J connectivity index is 0.000000380. The van der Waals surface area contributed by atoms with E-state index in [2.05, 4.69) is 29.6 Å². The van der Waals surface area contributed by atoms with Crippen molar-refractivity contribution >= 4 is 23.9 Å². The van der Waals surface area contributed by atoms with Gasteiger partial charge < -0.3 is 29.6 Å². The second-order valence-electron chi connectivity index (χ2n) is 7.91. The van der Waals surface area contributed by atoms with Gasteiger partial charge in [0.2, 0.25) is 0 Å². The van der Waals surface area contributed by atoms with Crippen LogP contribution in [-0.4, -0.2) is 58.4 Å². The van der Waals surface area contributed by atoms with Crippen LogP contribution in [0.1, 0.15) is 30.4 Å². The Bertz CT molecular complexity index is 1010. The van der Waals surface area contributed by atoms with Gasteiger partial charge in [0.05, 0.1) is 47.7 Å². The maximum atomic E-state index is 11.3. The maximum absolute atomic E-state index is 11.3. The molecule has 2 rings (SSSR count). The third kappa shape index (κ3) is 14.4. The van der Waals surface area contributed by atoms with E-state index in [1.54, 1.807) is 0 Å². The molecule has 2 aromatic carbocycles. The maximum Gasteiger partial charge on any atom is 0.332 e. The summed E-state index contributed by atoms with van der Waals surface area (Å²) in [6.45, 7) is 1.10. The van der Waals surface area contributed by atoms with Crippen LogP contribution in [0, 0.1) is 0 Å². The fourth-order valence-electron chi connectivity index (χ4n) is 3.05. The van der Waals surface area contributed by atoms with E-state index < -0.39 is 11.9 Å². The van der Waals surface area contributed by atoms with Crippen LogP contribution in [0.2, 0.25) is 0 Å². The highest BCUT2D eigenvalue weighted by molar-refractivity contribution is 5.84. The molecule has 0 unspecified atom stereocenters. The highest BCUT2D eigenvalue weighted by atomic mass is 16.5. The van der Waals surface area contributed by atoms with Crippen LogP contribution >= 0.6 is 0 Å². The van der Waals surface area contributed by atoms with Gasteiger partial charge in [-0.1, -0.05) is 60.7 Å². The molecule has 10 heteroatoms. The van der Waals surface area contributed by atoms with Crippen molar-refractivity contribution in [2.24, 2.45) is 0 Å². The molecule has 2 N–H and O–H groups in total. The van der Waals surface area contributed by atoms with E-state index in [9.17, 15) is 19.2 Å². The summed E-state index contributed by atoms with van der Waals surface area (Å²) in [4.78, 5) is 45.0. The normalized spacial score (nSPS) is 10.5. The fourth-order valence-corrected chi connectivity index (χ4v) is 3.05. The first kappa shape index (κ1) is 31.8. The molecule has 206 valence electrons. The van der Waals surface area contributed by atoms with Gasteiger partial charge in [0.25, 0.3) is 0 Å². The van der Waals surface area contributed by atoms with Crippen LogP contribution in [0.5, 0.6) is 0 Å². The zero-order chi connectivity index (χ0) is 28.2. The van der Waals surface area contributed by atoms with Gasteiger partial charge in [-0.15, -0.1) is 0 Å². The van der Waals surface area contributed by atoms with E-state index in [1.165, 1.54) is 34.5 Å². The number of carbonyl (C=O) groups excluding carboxylic acids is 4. The van der Waals surface area contributed by atoms with Crippen molar-refractivity contribution in [1.29, 1.82) is 0 Å². The third-order valence-corrected chi connectivity index (χ3v) is 5.14. The molecule has 38 heavy (non-hydrogen) atoms. The molecule has 0 aliphatic heterocycles. The topological polar surface area (TPSA) is 129 Å². The number of methoxy groups -OCH3 is 4. The molecular weight excluding hydrogens is 492 g/mol. The van der Waals surface area contributed by atoms with Gasteiger partial charge >= 0.3 is 23.9 Å². The second-order valence-corrected chi connectivity index (χ2v) is 7.91. The van der Waals surface area contributed by atoms with Crippen LogP contribution in [0.25, 0.3) is 0 Å². The van der Waals surface area contributed by atoms with Gasteiger partial charge in [0, 0.05) is 30.9 Å². The lowest BCUT2D eigenvalue weighted by Crippen LogP contribution is -2.33. The number of ether oxygens (including phenoxy) is 4. The Kier molecular flexibility index (Phi) is 15.9. The Morgan fingerprint density at radius 2 is 1.16 bits per heavy atom. The standard InChI is InChI=1S/C14H19NO4.C14H17NO4/c2*1-18-13(16)8-12(9-14(17)19-2)15-10-11-6-4-3-5-7-11/h3-7,12,15H,8-10H2,1-2H3;3-8,15H,9-10H2,1-2H3/b;12-8-. The molecule has 0 aliphatic rings. The van der Waals surface area contributed by atoms with Gasteiger partial charge in [-0.3, -0.25) is 14.4 Å². The molecular formula is C28H36N2O8. The Labute approximate surface area is 223 Å². The smallest absolute Gasteiger partial charge is 0.332 e. The average molecular weight is 529 g/mol. The highest BCUT2D eigenvalue weighted by Gasteiger charge is 2.18. The summed E-state index contributed by atoms with van der Waals surface area (Å²) in [5.41, 5.74) is 2.59. The monoisotopic (exact) mass is 528 g/mol. The molecule has 0 bridgehead atoms. The molecule has 0 fully saturated rings. The van der Waals surface area contributed by atoms with Crippen molar-refractivity contribution in [3.63, 3.8) is 0 Å². The molecule has 0 spiro atoms. The zero-order valence-corrected chi connectivity index (χ0v) is 22.2. The minimum Gasteiger partial charge on any atom is -0.469 e. The van der Waals surface area contributed by atoms with Crippen molar-refractivity contribution in [2.75, 3.05) is 28.4 Å². The fraction of sp³-hybridized carbons (Fsp3) is 0.357. The number of carbonyl (C=O) groups is 4. The lowest BCUT2D eigenvalue weighted by molar-refractivity contribution is -0.144. The van der Waals surface area contributed by atoms with Gasteiger partial charge in [-0.05, 0) is 11.1 Å². The van der Waals surface area contributed by atoms with Crippen LogP contribution in [-0.2, 0) is 51.2 Å². The summed E-state index contributed by atoms with van der Waals surface area (Å²) in [6, 6.07) is 19.1. The SMILES string of the molecule is COC(=O)/C=C(/CC(=O)OC)NCc1ccccc1.COC(=O)CC(CC(=O)OC)NCc1ccccc1. The van der Waals surface area contributed by atoms with E-state index in [4.69, 9.17) is 0 Å². The predicted molar refractivity (Wildman–Crippen MR) is 140 cm³/mol. The first-order chi connectivity index (χ1) is 18.3. The summed E-state index contributed by atoms with van der Waals surface area (Å²) in [5.74, 6) is -1.64. The number of esters is 4. The van der Waals surface area contributed by atoms with Crippen LogP contribution < -0.4 is 10.6 Å². The van der Waals surface area contributed by atoms with Gasteiger partial charge in [-0.2, -0.15) is 0 Å². The molecule has 0 aliphatic carbocycles. The third-order valence-electron chi connectivity index (χ3n) is 5.14. The second kappa shape index (κ2) is 19.0. The first-order valence-corrected chi connectivity index (χ1v) is 11.8. The molecule has 0 amide bonds. The van der Waals surface area contributed by atoms with Crippen molar-refractivity contribution in [3.8, 4) is 0 Å². The van der Waals surface area contributed by atoms with E-state index in [0.29, 0.717) is 18.8 Å².